The molecule has 0 aromatic heterocycles. The molecule has 2 unspecified atom stereocenters. The molecular formula is C15H21NO2S. The SMILES string of the molecule is CS(=O)(=O)c1ccc(CNC23CCCCC2C3)cc1. The number of hydrogen-bond acceptors (Lipinski definition) is 3. The van der Waals surface area contributed by atoms with Crippen LogP contribution in [0.5, 0.6) is 0 Å². The monoisotopic (exact) mass is 279 g/mol. The van der Waals surface area contributed by atoms with Gasteiger partial charge in [0.05, 0.1) is 4.90 Å². The number of sulfone groups is 1. The third kappa shape index (κ3) is 2.70. The molecule has 1 aromatic carbocycles. The summed E-state index contributed by atoms with van der Waals surface area (Å²) in [5, 5.41) is 3.70. The zero-order valence-corrected chi connectivity index (χ0v) is 12.2. The van der Waals surface area contributed by atoms with E-state index in [4.69, 9.17) is 0 Å². The van der Waals surface area contributed by atoms with E-state index in [1.54, 1.807) is 12.1 Å². The summed E-state index contributed by atoms with van der Waals surface area (Å²) in [6.45, 7) is 0.848. The average molecular weight is 279 g/mol. The van der Waals surface area contributed by atoms with Gasteiger partial charge < -0.3 is 5.32 Å². The van der Waals surface area contributed by atoms with Gasteiger partial charge in [0.15, 0.2) is 9.84 Å². The van der Waals surface area contributed by atoms with Crippen LogP contribution in [0.2, 0.25) is 0 Å². The van der Waals surface area contributed by atoms with Crippen molar-refractivity contribution in [3.63, 3.8) is 0 Å². The Bertz CT molecular complexity index is 564. The standard InChI is InChI=1S/C15H21NO2S/c1-19(17,18)14-7-5-12(6-8-14)11-16-15-9-3-2-4-13(15)10-15/h5-8,13,16H,2-4,9-11H2,1H3. The number of rotatable bonds is 4. The molecule has 2 aliphatic rings. The summed E-state index contributed by atoms with van der Waals surface area (Å²) in [5.41, 5.74) is 1.58. The Hall–Kier alpha value is -0.870. The summed E-state index contributed by atoms with van der Waals surface area (Å²) in [7, 11) is -3.08. The van der Waals surface area contributed by atoms with Crippen LogP contribution in [0.15, 0.2) is 29.2 Å². The molecule has 3 nitrogen and oxygen atoms in total. The molecule has 0 amide bonds. The van der Waals surface area contributed by atoms with Gasteiger partial charge in [0, 0.05) is 18.3 Å². The molecule has 3 rings (SSSR count). The number of hydrogen-bond donors (Lipinski definition) is 1. The molecule has 0 saturated heterocycles. The molecule has 0 aliphatic heterocycles. The van der Waals surface area contributed by atoms with E-state index < -0.39 is 9.84 Å². The fourth-order valence-electron chi connectivity index (χ4n) is 3.33. The molecular weight excluding hydrogens is 258 g/mol. The Labute approximate surface area is 115 Å². The molecule has 0 heterocycles. The van der Waals surface area contributed by atoms with Gasteiger partial charge in [0.1, 0.15) is 0 Å². The van der Waals surface area contributed by atoms with Crippen LogP contribution in [0.3, 0.4) is 0 Å². The van der Waals surface area contributed by atoms with Crippen molar-refractivity contribution in [2.45, 2.75) is 49.1 Å². The van der Waals surface area contributed by atoms with Gasteiger partial charge >= 0.3 is 0 Å². The lowest BCUT2D eigenvalue weighted by Gasteiger charge is -2.23. The lowest BCUT2D eigenvalue weighted by molar-refractivity contribution is 0.355. The van der Waals surface area contributed by atoms with Crippen molar-refractivity contribution in [1.82, 2.24) is 5.32 Å². The van der Waals surface area contributed by atoms with Crippen molar-refractivity contribution >= 4 is 9.84 Å². The van der Waals surface area contributed by atoms with Crippen LogP contribution in [0.4, 0.5) is 0 Å². The third-order valence-electron chi connectivity index (χ3n) is 4.65. The third-order valence-corrected chi connectivity index (χ3v) is 5.78. The number of fused-ring (bicyclic) bond motifs is 1. The highest BCUT2D eigenvalue weighted by atomic mass is 32.2. The normalized spacial score (nSPS) is 29.8. The van der Waals surface area contributed by atoms with Crippen molar-refractivity contribution in [2.24, 2.45) is 5.92 Å². The summed E-state index contributed by atoms with van der Waals surface area (Å²) in [5.74, 6) is 0.886. The van der Waals surface area contributed by atoms with Gasteiger partial charge in [0.2, 0.25) is 0 Å². The highest BCUT2D eigenvalue weighted by molar-refractivity contribution is 7.90. The molecule has 0 spiro atoms. The quantitative estimate of drug-likeness (QED) is 0.921. The highest BCUT2D eigenvalue weighted by Gasteiger charge is 2.53. The Kier molecular flexibility index (Phi) is 3.18. The lowest BCUT2D eigenvalue weighted by atomic mass is 9.95. The minimum atomic E-state index is -3.08. The second-order valence-corrected chi connectivity index (χ2v) is 8.09. The molecule has 104 valence electrons. The molecule has 1 N–H and O–H groups in total. The summed E-state index contributed by atoms with van der Waals surface area (Å²) >= 11 is 0. The van der Waals surface area contributed by atoms with Crippen molar-refractivity contribution in [1.29, 1.82) is 0 Å². The largest absolute Gasteiger partial charge is 0.307 e. The molecule has 0 radical (unpaired) electrons. The van der Waals surface area contributed by atoms with E-state index in [0.29, 0.717) is 10.4 Å². The van der Waals surface area contributed by atoms with Gasteiger partial charge in [-0.2, -0.15) is 0 Å². The van der Waals surface area contributed by atoms with Crippen LogP contribution < -0.4 is 5.32 Å². The van der Waals surface area contributed by atoms with Crippen LogP contribution in [-0.2, 0) is 16.4 Å². The smallest absolute Gasteiger partial charge is 0.175 e. The van der Waals surface area contributed by atoms with Crippen LogP contribution in [0, 0.1) is 5.92 Å². The first kappa shape index (κ1) is 13.1. The Balaban J connectivity index is 1.62. The van der Waals surface area contributed by atoms with E-state index in [1.807, 2.05) is 12.1 Å². The van der Waals surface area contributed by atoms with Crippen LogP contribution in [-0.4, -0.2) is 20.2 Å². The van der Waals surface area contributed by atoms with E-state index in [0.717, 1.165) is 18.0 Å². The van der Waals surface area contributed by atoms with Crippen molar-refractivity contribution in [2.75, 3.05) is 6.26 Å². The second-order valence-electron chi connectivity index (χ2n) is 6.07. The Morgan fingerprint density at radius 3 is 2.63 bits per heavy atom. The maximum absolute atomic E-state index is 11.4. The molecule has 2 atom stereocenters. The summed E-state index contributed by atoms with van der Waals surface area (Å²) in [6.07, 6.45) is 7.98. The summed E-state index contributed by atoms with van der Waals surface area (Å²) < 4.78 is 22.8. The van der Waals surface area contributed by atoms with Gasteiger partial charge in [0.25, 0.3) is 0 Å². The lowest BCUT2D eigenvalue weighted by Crippen LogP contribution is -2.34. The van der Waals surface area contributed by atoms with E-state index in [1.165, 1.54) is 38.4 Å². The summed E-state index contributed by atoms with van der Waals surface area (Å²) in [4.78, 5) is 0.399. The molecule has 2 fully saturated rings. The first-order valence-corrected chi connectivity index (χ1v) is 8.93. The molecule has 4 heteroatoms. The Morgan fingerprint density at radius 2 is 2.00 bits per heavy atom. The Morgan fingerprint density at radius 1 is 1.26 bits per heavy atom. The second kappa shape index (κ2) is 4.60. The van der Waals surface area contributed by atoms with Gasteiger partial charge in [-0.3, -0.25) is 0 Å². The first-order valence-electron chi connectivity index (χ1n) is 7.04. The predicted octanol–water partition coefficient (Wildman–Crippen LogP) is 2.51. The maximum Gasteiger partial charge on any atom is 0.175 e. The number of benzene rings is 1. The molecule has 1 aromatic rings. The van der Waals surface area contributed by atoms with Crippen LogP contribution in [0.25, 0.3) is 0 Å². The fourth-order valence-corrected chi connectivity index (χ4v) is 3.96. The molecule has 2 saturated carbocycles. The topological polar surface area (TPSA) is 46.2 Å². The zero-order chi connectivity index (χ0) is 13.5. The van der Waals surface area contributed by atoms with Gasteiger partial charge in [-0.25, -0.2) is 8.42 Å². The molecule has 0 bridgehead atoms. The molecule has 2 aliphatic carbocycles. The minimum absolute atomic E-state index is 0.399. The number of nitrogens with one attached hydrogen (secondary N) is 1. The van der Waals surface area contributed by atoms with E-state index in [-0.39, 0.29) is 0 Å². The van der Waals surface area contributed by atoms with Gasteiger partial charge in [-0.05, 0) is 42.9 Å². The van der Waals surface area contributed by atoms with Crippen molar-refractivity contribution in [3.05, 3.63) is 29.8 Å². The first-order chi connectivity index (χ1) is 9.00. The fraction of sp³-hybridized carbons (Fsp3) is 0.600. The summed E-state index contributed by atoms with van der Waals surface area (Å²) in [6, 6.07) is 7.24. The van der Waals surface area contributed by atoms with Gasteiger partial charge in [-0.15, -0.1) is 0 Å². The highest BCUT2D eigenvalue weighted by Crippen LogP contribution is 2.53. The van der Waals surface area contributed by atoms with E-state index >= 15 is 0 Å². The zero-order valence-electron chi connectivity index (χ0n) is 11.4. The van der Waals surface area contributed by atoms with Crippen molar-refractivity contribution < 1.29 is 8.42 Å². The van der Waals surface area contributed by atoms with Crippen LogP contribution >= 0.6 is 0 Å². The minimum Gasteiger partial charge on any atom is -0.307 e. The van der Waals surface area contributed by atoms with Crippen LogP contribution in [0.1, 0.15) is 37.7 Å². The predicted molar refractivity (Wildman–Crippen MR) is 75.7 cm³/mol. The van der Waals surface area contributed by atoms with Gasteiger partial charge in [-0.1, -0.05) is 25.0 Å². The average Bonchev–Trinajstić information content (AvgIpc) is 3.11. The van der Waals surface area contributed by atoms with Crippen molar-refractivity contribution in [3.8, 4) is 0 Å². The van der Waals surface area contributed by atoms with E-state index in [9.17, 15) is 8.42 Å². The van der Waals surface area contributed by atoms with E-state index in [2.05, 4.69) is 5.32 Å². The maximum atomic E-state index is 11.4. The molecule has 19 heavy (non-hydrogen) atoms.